The Morgan fingerprint density at radius 3 is 2.79 bits per heavy atom. The molecule has 5 rings (SSSR count). The lowest BCUT2D eigenvalue weighted by molar-refractivity contribution is 0.0923. The number of aryl methyl sites for hydroxylation is 1. The van der Waals surface area contributed by atoms with E-state index in [-0.39, 0.29) is 11.9 Å². The minimum Gasteiger partial charge on any atom is -0.486 e. The first-order chi connectivity index (χ1) is 14.2. The SMILES string of the molecule is Cn1c([C@H]2CCC[C@@H](NC(=O)c3ccc4c(c3)OCCO4)C2)nc2ccccc21. The maximum Gasteiger partial charge on any atom is 0.251 e. The summed E-state index contributed by atoms with van der Waals surface area (Å²) in [5, 5.41) is 3.22. The molecule has 0 unspecified atom stereocenters. The number of amides is 1. The highest BCUT2D eigenvalue weighted by atomic mass is 16.6. The Morgan fingerprint density at radius 1 is 1.10 bits per heavy atom. The summed E-state index contributed by atoms with van der Waals surface area (Å²) in [4.78, 5) is 17.7. The molecule has 1 aliphatic heterocycles. The summed E-state index contributed by atoms with van der Waals surface area (Å²) in [6.45, 7) is 1.06. The van der Waals surface area contributed by atoms with Crippen LogP contribution in [0, 0.1) is 0 Å². The second-order valence-corrected chi connectivity index (χ2v) is 7.91. The van der Waals surface area contributed by atoms with Crippen LogP contribution in [0.1, 0.15) is 47.8 Å². The minimum atomic E-state index is -0.0578. The summed E-state index contributed by atoms with van der Waals surface area (Å²) < 4.78 is 13.3. The van der Waals surface area contributed by atoms with Crippen LogP contribution in [-0.4, -0.2) is 34.7 Å². The fourth-order valence-corrected chi connectivity index (χ4v) is 4.54. The van der Waals surface area contributed by atoms with Crippen molar-refractivity contribution in [3.63, 3.8) is 0 Å². The van der Waals surface area contributed by atoms with Crippen LogP contribution in [0.2, 0.25) is 0 Å². The van der Waals surface area contributed by atoms with E-state index in [1.54, 1.807) is 12.1 Å². The van der Waals surface area contributed by atoms with Crippen LogP contribution in [0.4, 0.5) is 0 Å². The molecule has 6 nitrogen and oxygen atoms in total. The van der Waals surface area contributed by atoms with E-state index in [0.717, 1.165) is 42.5 Å². The van der Waals surface area contributed by atoms with Crippen LogP contribution in [0.15, 0.2) is 42.5 Å². The minimum absolute atomic E-state index is 0.0578. The van der Waals surface area contributed by atoms with Crippen LogP contribution < -0.4 is 14.8 Å². The number of imidazole rings is 1. The monoisotopic (exact) mass is 391 g/mol. The van der Waals surface area contributed by atoms with Gasteiger partial charge in [0.05, 0.1) is 11.0 Å². The summed E-state index contributed by atoms with van der Waals surface area (Å²) in [7, 11) is 2.09. The molecule has 1 amide bonds. The summed E-state index contributed by atoms with van der Waals surface area (Å²) in [6, 6.07) is 13.8. The number of hydrogen-bond acceptors (Lipinski definition) is 4. The maximum atomic E-state index is 12.8. The molecule has 1 aliphatic carbocycles. The number of fused-ring (bicyclic) bond motifs is 2. The van der Waals surface area contributed by atoms with Gasteiger partial charge in [-0.25, -0.2) is 4.98 Å². The van der Waals surface area contributed by atoms with Crippen molar-refractivity contribution in [2.24, 2.45) is 7.05 Å². The van der Waals surface area contributed by atoms with Crippen molar-refractivity contribution >= 4 is 16.9 Å². The zero-order valence-electron chi connectivity index (χ0n) is 16.6. The Labute approximate surface area is 169 Å². The van der Waals surface area contributed by atoms with Gasteiger partial charge in [-0.15, -0.1) is 0 Å². The third kappa shape index (κ3) is 3.43. The summed E-state index contributed by atoms with van der Waals surface area (Å²) in [5.74, 6) is 2.76. The second kappa shape index (κ2) is 7.43. The van der Waals surface area contributed by atoms with E-state index in [4.69, 9.17) is 14.5 Å². The van der Waals surface area contributed by atoms with Crippen molar-refractivity contribution in [1.29, 1.82) is 0 Å². The average Bonchev–Trinajstić information content (AvgIpc) is 3.10. The van der Waals surface area contributed by atoms with E-state index >= 15 is 0 Å². The Hall–Kier alpha value is -3.02. The van der Waals surface area contributed by atoms with E-state index in [2.05, 4.69) is 29.1 Å². The van der Waals surface area contributed by atoms with Crippen molar-refractivity contribution < 1.29 is 14.3 Å². The van der Waals surface area contributed by atoms with Crippen molar-refractivity contribution in [2.75, 3.05) is 13.2 Å². The molecular formula is C23H25N3O3. The van der Waals surface area contributed by atoms with Crippen LogP contribution in [0.25, 0.3) is 11.0 Å². The van der Waals surface area contributed by atoms with Crippen LogP contribution >= 0.6 is 0 Å². The van der Waals surface area contributed by atoms with Gasteiger partial charge in [-0.05, 0) is 49.6 Å². The number of carbonyl (C=O) groups excluding carboxylic acids is 1. The smallest absolute Gasteiger partial charge is 0.251 e. The normalized spacial score (nSPS) is 21.1. The third-order valence-electron chi connectivity index (χ3n) is 6.00. The molecule has 2 atom stereocenters. The number of hydrogen-bond donors (Lipinski definition) is 1. The van der Waals surface area contributed by atoms with Crippen molar-refractivity contribution in [3.05, 3.63) is 53.9 Å². The zero-order chi connectivity index (χ0) is 19.8. The Kier molecular flexibility index (Phi) is 4.62. The van der Waals surface area contributed by atoms with Gasteiger partial charge in [0, 0.05) is 24.6 Å². The van der Waals surface area contributed by atoms with Crippen molar-refractivity contribution in [3.8, 4) is 11.5 Å². The number of nitrogens with one attached hydrogen (secondary N) is 1. The van der Waals surface area contributed by atoms with E-state index in [0.29, 0.717) is 36.2 Å². The summed E-state index contributed by atoms with van der Waals surface area (Å²) in [6.07, 6.45) is 4.09. The van der Waals surface area contributed by atoms with E-state index < -0.39 is 0 Å². The van der Waals surface area contributed by atoms with E-state index in [1.165, 1.54) is 0 Å². The molecular weight excluding hydrogens is 366 g/mol. The van der Waals surface area contributed by atoms with Gasteiger partial charge in [-0.1, -0.05) is 18.6 Å². The van der Waals surface area contributed by atoms with Crippen LogP contribution in [-0.2, 0) is 7.05 Å². The Balaban J connectivity index is 1.30. The highest BCUT2D eigenvalue weighted by molar-refractivity contribution is 5.95. The number of benzene rings is 2. The molecule has 0 saturated heterocycles. The molecule has 0 bridgehead atoms. The average molecular weight is 391 g/mol. The number of ether oxygens (including phenoxy) is 2. The Morgan fingerprint density at radius 2 is 1.93 bits per heavy atom. The molecule has 0 spiro atoms. The molecule has 2 aliphatic rings. The van der Waals surface area contributed by atoms with Crippen molar-refractivity contribution in [1.82, 2.24) is 14.9 Å². The molecule has 3 aromatic rings. The topological polar surface area (TPSA) is 65.4 Å². The number of rotatable bonds is 3. The highest BCUT2D eigenvalue weighted by Gasteiger charge is 2.28. The first-order valence-electron chi connectivity index (χ1n) is 10.3. The standard InChI is InChI=1S/C23H25N3O3/c1-26-19-8-3-2-7-18(19)25-22(26)15-5-4-6-17(13-15)24-23(27)16-9-10-20-21(14-16)29-12-11-28-20/h2-3,7-10,14-15,17H,4-6,11-13H2,1H3,(H,24,27)/t15-,17+/m0/s1. The highest BCUT2D eigenvalue weighted by Crippen LogP contribution is 2.34. The van der Waals surface area contributed by atoms with Crippen LogP contribution in [0.5, 0.6) is 11.5 Å². The molecule has 2 aromatic carbocycles. The fourth-order valence-electron chi connectivity index (χ4n) is 4.54. The zero-order valence-corrected chi connectivity index (χ0v) is 16.6. The lowest BCUT2D eigenvalue weighted by Gasteiger charge is -2.29. The van der Waals surface area contributed by atoms with Gasteiger partial charge in [0.2, 0.25) is 0 Å². The molecule has 29 heavy (non-hydrogen) atoms. The van der Waals surface area contributed by atoms with Gasteiger partial charge in [0.15, 0.2) is 11.5 Å². The second-order valence-electron chi connectivity index (χ2n) is 7.91. The van der Waals surface area contributed by atoms with Gasteiger partial charge < -0.3 is 19.4 Å². The first kappa shape index (κ1) is 18.0. The number of carbonyl (C=O) groups is 1. The Bertz CT molecular complexity index is 1060. The lowest BCUT2D eigenvalue weighted by Crippen LogP contribution is -2.38. The number of aromatic nitrogens is 2. The predicted molar refractivity (Wildman–Crippen MR) is 111 cm³/mol. The van der Waals surface area contributed by atoms with Gasteiger partial charge in [-0.2, -0.15) is 0 Å². The first-order valence-corrected chi connectivity index (χ1v) is 10.3. The summed E-state index contributed by atoms with van der Waals surface area (Å²) in [5.41, 5.74) is 2.80. The fraction of sp³-hybridized carbons (Fsp3) is 0.391. The number of nitrogens with zero attached hydrogens (tertiary/aromatic N) is 2. The molecule has 6 heteroatoms. The maximum absolute atomic E-state index is 12.8. The molecule has 1 aromatic heterocycles. The quantitative estimate of drug-likeness (QED) is 0.738. The predicted octanol–water partition coefficient (Wildman–Crippen LogP) is 3.80. The largest absolute Gasteiger partial charge is 0.486 e. The van der Waals surface area contributed by atoms with Gasteiger partial charge in [0.25, 0.3) is 5.91 Å². The molecule has 1 saturated carbocycles. The van der Waals surface area contributed by atoms with E-state index in [9.17, 15) is 4.79 Å². The lowest BCUT2D eigenvalue weighted by atomic mass is 9.85. The van der Waals surface area contributed by atoms with Crippen LogP contribution in [0.3, 0.4) is 0 Å². The van der Waals surface area contributed by atoms with E-state index in [1.807, 2.05) is 18.2 Å². The number of para-hydroxylation sites is 2. The third-order valence-corrected chi connectivity index (χ3v) is 6.00. The molecule has 150 valence electrons. The summed E-state index contributed by atoms with van der Waals surface area (Å²) >= 11 is 0. The van der Waals surface area contributed by atoms with Gasteiger partial charge >= 0.3 is 0 Å². The molecule has 2 heterocycles. The van der Waals surface area contributed by atoms with Gasteiger partial charge in [-0.3, -0.25) is 4.79 Å². The molecule has 1 fully saturated rings. The van der Waals surface area contributed by atoms with Crippen molar-refractivity contribution in [2.45, 2.75) is 37.6 Å². The molecule has 0 radical (unpaired) electrons. The molecule has 1 N–H and O–H groups in total. The van der Waals surface area contributed by atoms with Gasteiger partial charge in [0.1, 0.15) is 19.0 Å².